The molecule has 1 aliphatic heterocycles. The average Bonchev–Trinajstić information content (AvgIpc) is 3.13. The van der Waals surface area contributed by atoms with Crippen LogP contribution in [0.15, 0.2) is 59.5 Å². The van der Waals surface area contributed by atoms with Gasteiger partial charge in [-0.25, -0.2) is 8.78 Å². The number of benzene rings is 3. The van der Waals surface area contributed by atoms with Crippen molar-refractivity contribution in [1.29, 1.82) is 0 Å². The Balaban J connectivity index is 1.45. The van der Waals surface area contributed by atoms with Gasteiger partial charge in [-0.15, -0.1) is 0 Å². The highest BCUT2D eigenvalue weighted by Gasteiger charge is 2.36. The Morgan fingerprint density at radius 3 is 2.54 bits per heavy atom. The molecule has 202 valence electrons. The lowest BCUT2D eigenvalue weighted by Crippen LogP contribution is -2.36. The molecule has 12 heteroatoms. The smallest absolute Gasteiger partial charge is 0.294 e. The zero-order valence-electron chi connectivity index (χ0n) is 20.3. The van der Waals surface area contributed by atoms with Crippen LogP contribution in [0.4, 0.5) is 19.3 Å². The first kappa shape index (κ1) is 28.4. The molecule has 4 rings (SSSR count). The van der Waals surface area contributed by atoms with Crippen molar-refractivity contribution in [2.45, 2.75) is 13.5 Å². The van der Waals surface area contributed by atoms with Crippen LogP contribution in [0.5, 0.6) is 11.5 Å². The minimum absolute atomic E-state index is 0.0878. The van der Waals surface area contributed by atoms with E-state index < -0.39 is 35.2 Å². The van der Waals surface area contributed by atoms with E-state index in [-0.39, 0.29) is 17.2 Å². The Bertz CT molecular complexity index is 1480. The van der Waals surface area contributed by atoms with Gasteiger partial charge < -0.3 is 14.8 Å². The molecule has 1 saturated heterocycles. The highest BCUT2D eigenvalue weighted by molar-refractivity contribution is 8.18. The predicted octanol–water partition coefficient (Wildman–Crippen LogP) is 6.92. The first-order valence-corrected chi connectivity index (χ1v) is 13.1. The Morgan fingerprint density at radius 1 is 1.03 bits per heavy atom. The average molecular weight is 593 g/mol. The lowest BCUT2D eigenvalue weighted by molar-refractivity contribution is -0.127. The Hall–Kier alpha value is -3.60. The molecule has 0 aromatic heterocycles. The van der Waals surface area contributed by atoms with Crippen LogP contribution in [0.2, 0.25) is 10.0 Å². The molecule has 39 heavy (non-hydrogen) atoms. The lowest BCUT2D eigenvalue weighted by Gasteiger charge is -2.14. The molecule has 0 aliphatic carbocycles. The summed E-state index contributed by atoms with van der Waals surface area (Å²) < 4.78 is 38.5. The van der Waals surface area contributed by atoms with Crippen LogP contribution in [0.25, 0.3) is 6.08 Å². The first-order valence-electron chi connectivity index (χ1n) is 11.5. The predicted molar refractivity (Wildman–Crippen MR) is 146 cm³/mol. The number of thioether (sulfide) groups is 1. The topological polar surface area (TPSA) is 84.9 Å². The molecule has 3 aromatic carbocycles. The second-order valence-electron chi connectivity index (χ2n) is 8.10. The molecule has 0 bridgehead atoms. The maximum absolute atomic E-state index is 13.8. The second kappa shape index (κ2) is 12.5. The minimum Gasteiger partial charge on any atom is -0.490 e. The van der Waals surface area contributed by atoms with Crippen LogP contribution >= 0.6 is 35.0 Å². The normalized spacial score (nSPS) is 14.2. The zero-order valence-corrected chi connectivity index (χ0v) is 22.6. The number of hydrogen-bond acceptors (Lipinski definition) is 6. The molecule has 0 unspecified atom stereocenters. The van der Waals surface area contributed by atoms with E-state index in [1.54, 1.807) is 43.3 Å². The van der Waals surface area contributed by atoms with E-state index in [1.807, 2.05) is 0 Å². The van der Waals surface area contributed by atoms with E-state index in [0.717, 1.165) is 22.6 Å². The fourth-order valence-corrected chi connectivity index (χ4v) is 4.81. The van der Waals surface area contributed by atoms with Crippen LogP contribution in [0, 0.1) is 11.6 Å². The van der Waals surface area contributed by atoms with E-state index in [9.17, 15) is 23.2 Å². The van der Waals surface area contributed by atoms with Gasteiger partial charge in [-0.05, 0) is 66.7 Å². The van der Waals surface area contributed by atoms with Crippen molar-refractivity contribution in [3.8, 4) is 11.5 Å². The van der Waals surface area contributed by atoms with Gasteiger partial charge in [0.05, 0.1) is 17.2 Å². The third-order valence-corrected chi connectivity index (χ3v) is 6.84. The number of ether oxygens (including phenoxy) is 2. The summed E-state index contributed by atoms with van der Waals surface area (Å²) in [5.74, 6) is -2.43. The summed E-state index contributed by atoms with van der Waals surface area (Å²) in [6.45, 7) is 1.68. The highest BCUT2D eigenvalue weighted by atomic mass is 35.5. The van der Waals surface area contributed by atoms with Gasteiger partial charge in [-0.2, -0.15) is 0 Å². The van der Waals surface area contributed by atoms with E-state index in [0.29, 0.717) is 51.5 Å². The van der Waals surface area contributed by atoms with Gasteiger partial charge in [-0.3, -0.25) is 19.3 Å². The van der Waals surface area contributed by atoms with E-state index >= 15 is 0 Å². The standard InChI is InChI=1S/C27H20Cl2F2N2O5S/c1-2-37-23-9-15(3-8-22(23)38-14-16-4-5-17(28)11-19(16)29)10-24-26(35)33(27(36)39-24)13-25(34)32-21-7-6-18(30)12-20(21)31/h3-12H,2,13-14H2,1H3,(H,32,34)/b24-10+. The summed E-state index contributed by atoms with van der Waals surface area (Å²) in [5.41, 5.74) is 1.01. The molecule has 0 saturated carbocycles. The summed E-state index contributed by atoms with van der Waals surface area (Å²) in [5, 5.41) is 2.54. The van der Waals surface area contributed by atoms with E-state index in [4.69, 9.17) is 32.7 Å². The molecule has 1 N–H and O–H groups in total. The zero-order chi connectivity index (χ0) is 28.1. The molecule has 7 nitrogen and oxygen atoms in total. The summed E-state index contributed by atoms with van der Waals surface area (Å²) in [6.07, 6.45) is 1.49. The fourth-order valence-electron chi connectivity index (χ4n) is 3.51. The van der Waals surface area contributed by atoms with Gasteiger partial charge >= 0.3 is 0 Å². The number of rotatable bonds is 9. The number of carbonyl (C=O) groups is 3. The summed E-state index contributed by atoms with van der Waals surface area (Å²) in [4.78, 5) is 38.4. The summed E-state index contributed by atoms with van der Waals surface area (Å²) in [7, 11) is 0. The van der Waals surface area contributed by atoms with Gasteiger partial charge in [0.2, 0.25) is 5.91 Å². The van der Waals surface area contributed by atoms with Gasteiger partial charge in [0.1, 0.15) is 24.8 Å². The maximum atomic E-state index is 13.8. The molecule has 3 aromatic rings. The number of imide groups is 1. The van der Waals surface area contributed by atoms with Crippen LogP contribution in [0.1, 0.15) is 18.1 Å². The lowest BCUT2D eigenvalue weighted by atomic mass is 10.1. The van der Waals surface area contributed by atoms with Gasteiger partial charge in [0, 0.05) is 21.7 Å². The quantitative estimate of drug-likeness (QED) is 0.271. The van der Waals surface area contributed by atoms with Crippen LogP contribution in [-0.4, -0.2) is 35.1 Å². The Labute approximate surface area is 236 Å². The largest absolute Gasteiger partial charge is 0.490 e. The van der Waals surface area contributed by atoms with Crippen molar-refractivity contribution in [1.82, 2.24) is 4.90 Å². The van der Waals surface area contributed by atoms with Crippen LogP contribution < -0.4 is 14.8 Å². The van der Waals surface area contributed by atoms with Crippen molar-refractivity contribution in [3.05, 3.63) is 92.3 Å². The molecule has 1 aliphatic rings. The molecule has 1 heterocycles. The number of carbonyl (C=O) groups excluding carboxylic acids is 3. The summed E-state index contributed by atoms with van der Waals surface area (Å²) >= 11 is 12.8. The number of hydrogen-bond donors (Lipinski definition) is 1. The van der Waals surface area contributed by atoms with E-state index in [1.165, 1.54) is 6.08 Å². The van der Waals surface area contributed by atoms with Gasteiger partial charge in [0.15, 0.2) is 11.5 Å². The molecule has 3 amide bonds. The van der Waals surface area contributed by atoms with Crippen molar-refractivity contribution < 1.29 is 32.6 Å². The molecular weight excluding hydrogens is 573 g/mol. The van der Waals surface area contributed by atoms with E-state index in [2.05, 4.69) is 5.32 Å². The first-order chi connectivity index (χ1) is 18.6. The Kier molecular flexibility index (Phi) is 9.11. The minimum atomic E-state index is -0.980. The maximum Gasteiger partial charge on any atom is 0.294 e. The molecule has 0 atom stereocenters. The Morgan fingerprint density at radius 2 is 1.82 bits per heavy atom. The number of halogens is 4. The van der Waals surface area contributed by atoms with Crippen molar-refractivity contribution >= 4 is 63.8 Å². The fraction of sp³-hybridized carbons (Fsp3) is 0.148. The van der Waals surface area contributed by atoms with Crippen LogP contribution in [0.3, 0.4) is 0 Å². The molecule has 0 spiro atoms. The van der Waals surface area contributed by atoms with Crippen molar-refractivity contribution in [3.63, 3.8) is 0 Å². The third kappa shape index (κ3) is 7.08. The van der Waals surface area contributed by atoms with Gasteiger partial charge in [-0.1, -0.05) is 35.3 Å². The summed E-state index contributed by atoms with van der Waals surface area (Å²) in [6, 6.07) is 12.7. The number of anilines is 1. The third-order valence-electron chi connectivity index (χ3n) is 5.34. The number of nitrogens with one attached hydrogen (secondary N) is 1. The van der Waals surface area contributed by atoms with Crippen LogP contribution in [-0.2, 0) is 16.2 Å². The van der Waals surface area contributed by atoms with Gasteiger partial charge in [0.25, 0.3) is 11.1 Å². The number of amides is 3. The van der Waals surface area contributed by atoms with Crippen molar-refractivity contribution in [2.24, 2.45) is 0 Å². The SMILES string of the molecule is CCOc1cc(/C=C2/SC(=O)N(CC(=O)Nc3ccc(F)cc3F)C2=O)ccc1OCc1ccc(Cl)cc1Cl. The molecule has 1 fully saturated rings. The highest BCUT2D eigenvalue weighted by Crippen LogP contribution is 2.35. The molecule has 0 radical (unpaired) electrons. The van der Waals surface area contributed by atoms with Crippen molar-refractivity contribution in [2.75, 3.05) is 18.5 Å². The monoisotopic (exact) mass is 592 g/mol. The number of nitrogens with zero attached hydrogens (tertiary/aromatic N) is 1. The second-order valence-corrected chi connectivity index (χ2v) is 9.94. The molecular formula is C27H20Cl2F2N2O5S.